The summed E-state index contributed by atoms with van der Waals surface area (Å²) in [6.45, 7) is 1.27. The van der Waals surface area contributed by atoms with E-state index in [1.165, 1.54) is 6.08 Å². The first-order valence-electron chi connectivity index (χ1n) is 7.06. The summed E-state index contributed by atoms with van der Waals surface area (Å²) in [7, 11) is 0. The molecule has 1 saturated heterocycles. The van der Waals surface area contributed by atoms with Crippen LogP contribution < -0.4 is 4.74 Å². The van der Waals surface area contributed by atoms with Gasteiger partial charge in [0.15, 0.2) is 6.61 Å². The third-order valence-corrected chi connectivity index (χ3v) is 3.87. The van der Waals surface area contributed by atoms with Crippen molar-refractivity contribution in [2.45, 2.75) is 6.92 Å². The van der Waals surface area contributed by atoms with E-state index in [1.807, 2.05) is 6.07 Å². The molecule has 24 heavy (non-hydrogen) atoms. The lowest BCUT2D eigenvalue weighted by molar-refractivity contribution is -0.145. The second-order valence-electron chi connectivity index (χ2n) is 4.56. The lowest BCUT2D eigenvalue weighted by Crippen LogP contribution is -2.34. The third-order valence-electron chi connectivity index (χ3n) is 2.96. The minimum atomic E-state index is -0.640. The highest BCUT2D eigenvalue weighted by atomic mass is 32.2. The maximum absolute atomic E-state index is 12.3. The number of hydrogen-bond donors (Lipinski definition) is 0. The number of carbonyl (C=O) groups excluding carboxylic acids is 3. The summed E-state index contributed by atoms with van der Waals surface area (Å²) in [5.74, 6) is -0.775. The lowest BCUT2D eigenvalue weighted by atomic mass is 10.2. The zero-order valence-electron chi connectivity index (χ0n) is 12.9. The third kappa shape index (κ3) is 4.14. The van der Waals surface area contributed by atoms with Crippen molar-refractivity contribution in [2.75, 3.05) is 19.8 Å². The standard InChI is InChI=1S/C16H14N2O5S/c1-2-22-14(19)10-18-15(20)13(24-16(18)21)9-11-5-3-4-6-12(11)23-8-7-17/h3-6,9H,2,8,10H2,1H3/b13-9-. The molecule has 1 aliphatic heterocycles. The molecule has 124 valence electrons. The van der Waals surface area contributed by atoms with Gasteiger partial charge in [0, 0.05) is 5.56 Å². The highest BCUT2D eigenvalue weighted by Crippen LogP contribution is 2.33. The van der Waals surface area contributed by atoms with E-state index in [4.69, 9.17) is 14.7 Å². The van der Waals surface area contributed by atoms with Gasteiger partial charge in [0.2, 0.25) is 0 Å². The molecule has 1 fully saturated rings. The van der Waals surface area contributed by atoms with Crippen LogP contribution in [0.25, 0.3) is 6.08 Å². The number of benzene rings is 1. The van der Waals surface area contributed by atoms with Crippen LogP contribution >= 0.6 is 11.8 Å². The number of amides is 2. The molecular weight excluding hydrogens is 332 g/mol. The maximum Gasteiger partial charge on any atom is 0.326 e. The molecule has 0 unspecified atom stereocenters. The molecule has 2 rings (SSSR count). The van der Waals surface area contributed by atoms with E-state index in [-0.39, 0.29) is 18.1 Å². The summed E-state index contributed by atoms with van der Waals surface area (Å²) in [5, 5.41) is 8.07. The van der Waals surface area contributed by atoms with Crippen molar-refractivity contribution in [1.82, 2.24) is 4.90 Å². The molecule has 0 bridgehead atoms. The molecule has 0 saturated carbocycles. The number of esters is 1. The highest BCUT2D eigenvalue weighted by Gasteiger charge is 2.36. The first kappa shape index (κ1) is 17.6. The van der Waals surface area contributed by atoms with Gasteiger partial charge in [-0.05, 0) is 30.8 Å². The number of nitriles is 1. The van der Waals surface area contributed by atoms with E-state index in [0.717, 1.165) is 16.7 Å². The molecule has 0 aliphatic carbocycles. The Labute approximate surface area is 142 Å². The van der Waals surface area contributed by atoms with Gasteiger partial charge < -0.3 is 9.47 Å². The van der Waals surface area contributed by atoms with Gasteiger partial charge in [-0.25, -0.2) is 0 Å². The average molecular weight is 346 g/mol. The Morgan fingerprint density at radius 1 is 1.38 bits per heavy atom. The summed E-state index contributed by atoms with van der Waals surface area (Å²) in [6, 6.07) is 8.70. The van der Waals surface area contributed by atoms with Gasteiger partial charge in [0.1, 0.15) is 18.4 Å². The number of para-hydroxylation sites is 1. The van der Waals surface area contributed by atoms with Gasteiger partial charge in [-0.15, -0.1) is 0 Å². The van der Waals surface area contributed by atoms with E-state index in [2.05, 4.69) is 0 Å². The van der Waals surface area contributed by atoms with Crippen LogP contribution in [0.3, 0.4) is 0 Å². The van der Waals surface area contributed by atoms with Gasteiger partial charge >= 0.3 is 5.97 Å². The van der Waals surface area contributed by atoms with Gasteiger partial charge in [0.05, 0.1) is 11.5 Å². The van der Waals surface area contributed by atoms with Crippen molar-refractivity contribution in [3.8, 4) is 11.8 Å². The van der Waals surface area contributed by atoms with E-state index in [1.54, 1.807) is 31.2 Å². The second kappa shape index (κ2) is 8.17. The van der Waals surface area contributed by atoms with Crippen LogP contribution in [0.4, 0.5) is 4.79 Å². The second-order valence-corrected chi connectivity index (χ2v) is 5.55. The van der Waals surface area contributed by atoms with Gasteiger partial charge in [-0.1, -0.05) is 18.2 Å². The first-order valence-corrected chi connectivity index (χ1v) is 7.88. The van der Waals surface area contributed by atoms with E-state index in [0.29, 0.717) is 11.3 Å². The normalized spacial score (nSPS) is 15.5. The Balaban J connectivity index is 2.20. The molecule has 2 amide bonds. The van der Waals surface area contributed by atoms with Crippen molar-refractivity contribution in [3.05, 3.63) is 34.7 Å². The predicted octanol–water partition coefficient (Wildman–Crippen LogP) is 2.19. The van der Waals surface area contributed by atoms with Crippen LogP contribution in [0.2, 0.25) is 0 Å². The van der Waals surface area contributed by atoms with Gasteiger partial charge in [0.25, 0.3) is 11.1 Å². The summed E-state index contributed by atoms with van der Waals surface area (Å²) in [5.41, 5.74) is 0.564. The van der Waals surface area contributed by atoms with Crippen LogP contribution in [0.5, 0.6) is 5.75 Å². The van der Waals surface area contributed by atoms with Crippen molar-refractivity contribution < 1.29 is 23.9 Å². The van der Waals surface area contributed by atoms with E-state index >= 15 is 0 Å². The Kier molecular flexibility index (Phi) is 5.98. The van der Waals surface area contributed by atoms with Crippen molar-refractivity contribution in [2.24, 2.45) is 0 Å². The number of imide groups is 1. The Bertz CT molecular complexity index is 738. The molecule has 0 spiro atoms. The molecule has 0 radical (unpaired) electrons. The Hall–Kier alpha value is -2.79. The predicted molar refractivity (Wildman–Crippen MR) is 86.9 cm³/mol. The quantitative estimate of drug-likeness (QED) is 0.575. The van der Waals surface area contributed by atoms with Crippen molar-refractivity contribution >= 4 is 35.0 Å². The summed E-state index contributed by atoms with van der Waals surface area (Å²) < 4.78 is 10.0. The number of nitrogens with zero attached hydrogens (tertiary/aromatic N) is 2. The van der Waals surface area contributed by atoms with Crippen molar-refractivity contribution in [3.63, 3.8) is 0 Å². The van der Waals surface area contributed by atoms with Gasteiger partial charge in [-0.3, -0.25) is 19.3 Å². The molecule has 7 nitrogen and oxygen atoms in total. The zero-order valence-corrected chi connectivity index (χ0v) is 13.7. The summed E-state index contributed by atoms with van der Waals surface area (Å²) in [4.78, 5) is 36.7. The minimum Gasteiger partial charge on any atom is -0.478 e. The van der Waals surface area contributed by atoms with Gasteiger partial charge in [-0.2, -0.15) is 5.26 Å². The number of hydrogen-bond acceptors (Lipinski definition) is 7. The number of thioether (sulfide) groups is 1. The lowest BCUT2D eigenvalue weighted by Gasteiger charge is -2.10. The fraction of sp³-hybridized carbons (Fsp3) is 0.250. The Morgan fingerprint density at radius 2 is 2.12 bits per heavy atom. The molecule has 1 aromatic rings. The van der Waals surface area contributed by atoms with Crippen LogP contribution in [0.1, 0.15) is 12.5 Å². The number of rotatable bonds is 6. The number of ether oxygens (including phenoxy) is 2. The van der Waals surface area contributed by atoms with E-state index in [9.17, 15) is 14.4 Å². The zero-order chi connectivity index (χ0) is 17.5. The maximum atomic E-state index is 12.3. The molecule has 1 aromatic carbocycles. The molecular formula is C16H14N2O5S. The van der Waals surface area contributed by atoms with Crippen LogP contribution in [-0.4, -0.2) is 41.8 Å². The minimum absolute atomic E-state index is 0.130. The molecule has 0 N–H and O–H groups in total. The monoisotopic (exact) mass is 346 g/mol. The molecule has 0 atom stereocenters. The van der Waals surface area contributed by atoms with Crippen LogP contribution in [0, 0.1) is 11.3 Å². The van der Waals surface area contributed by atoms with Crippen LogP contribution in [-0.2, 0) is 14.3 Å². The largest absolute Gasteiger partial charge is 0.478 e. The summed E-state index contributed by atoms with van der Waals surface area (Å²) >= 11 is 0.739. The molecule has 1 heterocycles. The SMILES string of the molecule is CCOC(=O)CN1C(=O)S/C(=C\c2ccccc2OCC#N)C1=O. The summed E-state index contributed by atoms with van der Waals surface area (Å²) in [6.07, 6.45) is 1.50. The van der Waals surface area contributed by atoms with Crippen LogP contribution in [0.15, 0.2) is 29.2 Å². The molecule has 1 aliphatic rings. The average Bonchev–Trinajstić information content (AvgIpc) is 2.82. The fourth-order valence-electron chi connectivity index (χ4n) is 1.95. The first-order chi connectivity index (χ1) is 11.6. The fourth-order valence-corrected chi connectivity index (χ4v) is 2.78. The smallest absolute Gasteiger partial charge is 0.326 e. The van der Waals surface area contributed by atoms with E-state index < -0.39 is 23.7 Å². The molecule has 0 aromatic heterocycles. The topological polar surface area (TPSA) is 96.7 Å². The number of carbonyl (C=O) groups is 3. The van der Waals surface area contributed by atoms with Crippen molar-refractivity contribution in [1.29, 1.82) is 5.26 Å². The highest BCUT2D eigenvalue weighted by molar-refractivity contribution is 8.18. The Morgan fingerprint density at radius 3 is 2.83 bits per heavy atom. The molecule has 8 heteroatoms.